The lowest BCUT2D eigenvalue weighted by Gasteiger charge is -2.19. The maximum absolute atomic E-state index is 13.2. The maximum Gasteiger partial charge on any atom is 0.233 e. The van der Waals surface area contributed by atoms with Crippen LogP contribution < -0.4 is 9.64 Å². The minimum Gasteiger partial charge on any atom is -0.496 e. The highest BCUT2D eigenvalue weighted by molar-refractivity contribution is 7.22. The molecule has 0 spiro atoms. The maximum atomic E-state index is 13.2. The lowest BCUT2D eigenvalue weighted by molar-refractivity contribution is -0.118. The van der Waals surface area contributed by atoms with Crippen LogP contribution in [0.3, 0.4) is 0 Å². The molecule has 0 N–H and O–H groups in total. The molecule has 0 aliphatic heterocycles. The number of carbonyl (C=O) groups is 1. The third-order valence-corrected chi connectivity index (χ3v) is 5.86. The van der Waals surface area contributed by atoms with Gasteiger partial charge >= 0.3 is 0 Å². The Balaban J connectivity index is 1.65. The number of rotatable bonds is 6. The molecule has 148 valence electrons. The van der Waals surface area contributed by atoms with Crippen LogP contribution in [0.15, 0.2) is 59.2 Å². The van der Waals surface area contributed by atoms with Gasteiger partial charge in [0, 0.05) is 5.02 Å². The van der Waals surface area contributed by atoms with Gasteiger partial charge in [0.1, 0.15) is 11.5 Å². The molecule has 0 radical (unpaired) electrons. The Morgan fingerprint density at radius 1 is 1.24 bits per heavy atom. The van der Waals surface area contributed by atoms with Crippen LogP contribution in [0.2, 0.25) is 5.02 Å². The molecule has 1 amide bonds. The first-order valence-electron chi connectivity index (χ1n) is 9.06. The van der Waals surface area contributed by atoms with Crippen molar-refractivity contribution in [2.24, 2.45) is 0 Å². The van der Waals surface area contributed by atoms with Crippen LogP contribution in [0, 0.1) is 6.92 Å². The zero-order valence-electron chi connectivity index (χ0n) is 16.0. The summed E-state index contributed by atoms with van der Waals surface area (Å²) in [5.74, 6) is 1.44. The number of amides is 1. The highest BCUT2D eigenvalue weighted by Crippen LogP contribution is 2.32. The van der Waals surface area contributed by atoms with Crippen molar-refractivity contribution in [2.75, 3.05) is 12.0 Å². The number of carbonyl (C=O) groups excluding carboxylic acids is 1. The number of anilines is 1. The van der Waals surface area contributed by atoms with Crippen molar-refractivity contribution in [3.05, 3.63) is 76.7 Å². The molecule has 0 unspecified atom stereocenters. The van der Waals surface area contributed by atoms with Gasteiger partial charge in [0.25, 0.3) is 0 Å². The molecule has 2 heterocycles. The van der Waals surface area contributed by atoms with Gasteiger partial charge in [0.2, 0.25) is 5.91 Å². The van der Waals surface area contributed by atoms with Crippen molar-refractivity contribution in [1.82, 2.24) is 4.98 Å². The van der Waals surface area contributed by atoms with Crippen molar-refractivity contribution in [2.45, 2.75) is 19.9 Å². The molecule has 0 aliphatic rings. The van der Waals surface area contributed by atoms with Crippen LogP contribution in [0.4, 0.5) is 5.13 Å². The van der Waals surface area contributed by atoms with Crippen molar-refractivity contribution >= 4 is 44.2 Å². The summed E-state index contributed by atoms with van der Waals surface area (Å²) in [6.45, 7) is 2.28. The second-order valence-electron chi connectivity index (χ2n) is 6.65. The van der Waals surface area contributed by atoms with Crippen LogP contribution in [-0.4, -0.2) is 18.0 Å². The van der Waals surface area contributed by atoms with E-state index in [2.05, 4.69) is 4.98 Å². The van der Waals surface area contributed by atoms with E-state index in [9.17, 15) is 4.79 Å². The van der Waals surface area contributed by atoms with E-state index in [-0.39, 0.29) is 12.3 Å². The second kappa shape index (κ2) is 8.27. The highest BCUT2D eigenvalue weighted by Gasteiger charge is 2.22. The third-order valence-electron chi connectivity index (χ3n) is 4.58. The van der Waals surface area contributed by atoms with Crippen LogP contribution in [-0.2, 0) is 17.8 Å². The van der Waals surface area contributed by atoms with E-state index in [1.165, 1.54) is 11.3 Å². The Morgan fingerprint density at radius 2 is 2.10 bits per heavy atom. The SMILES string of the molecule is COc1ccc(CC(=O)N(Cc2ccco2)c2nc3ccc(Cl)cc3s2)cc1C. The van der Waals surface area contributed by atoms with Gasteiger partial charge in [-0.05, 0) is 54.4 Å². The number of methoxy groups -OCH3 is 1. The Labute approximate surface area is 177 Å². The lowest BCUT2D eigenvalue weighted by Crippen LogP contribution is -2.31. The van der Waals surface area contributed by atoms with E-state index >= 15 is 0 Å². The Hall–Kier alpha value is -2.83. The molecule has 0 fully saturated rings. The Bertz CT molecular complexity index is 1150. The minimum atomic E-state index is -0.0591. The molecule has 0 bridgehead atoms. The number of furan rings is 1. The van der Waals surface area contributed by atoms with E-state index in [4.69, 9.17) is 20.8 Å². The molecule has 0 aliphatic carbocycles. The van der Waals surface area contributed by atoms with E-state index in [0.29, 0.717) is 22.5 Å². The molecule has 29 heavy (non-hydrogen) atoms. The predicted octanol–water partition coefficient (Wildman–Crippen LogP) is 5.64. The third kappa shape index (κ3) is 4.28. The molecule has 2 aromatic carbocycles. The zero-order chi connectivity index (χ0) is 20.4. The summed E-state index contributed by atoms with van der Waals surface area (Å²) in [6.07, 6.45) is 1.85. The number of halogens is 1. The number of aromatic nitrogens is 1. The van der Waals surface area contributed by atoms with Gasteiger partial charge < -0.3 is 9.15 Å². The Morgan fingerprint density at radius 3 is 2.83 bits per heavy atom. The summed E-state index contributed by atoms with van der Waals surface area (Å²) in [6, 6.07) is 14.9. The van der Waals surface area contributed by atoms with Crippen LogP contribution in [0.25, 0.3) is 10.2 Å². The lowest BCUT2D eigenvalue weighted by atomic mass is 10.1. The summed E-state index contributed by atoms with van der Waals surface area (Å²) in [4.78, 5) is 19.6. The molecule has 5 nitrogen and oxygen atoms in total. The summed E-state index contributed by atoms with van der Waals surface area (Å²) < 4.78 is 11.7. The average molecular weight is 427 g/mol. The predicted molar refractivity (Wildman–Crippen MR) is 116 cm³/mol. The number of thiazole rings is 1. The summed E-state index contributed by atoms with van der Waals surface area (Å²) >= 11 is 7.54. The highest BCUT2D eigenvalue weighted by atomic mass is 35.5. The molecular formula is C22H19ClN2O3S. The Kier molecular flexibility index (Phi) is 5.56. The van der Waals surface area contributed by atoms with Gasteiger partial charge in [0.15, 0.2) is 5.13 Å². The summed E-state index contributed by atoms with van der Waals surface area (Å²) in [5.41, 5.74) is 2.72. The van der Waals surface area contributed by atoms with Crippen molar-refractivity contribution in [3.63, 3.8) is 0 Å². The first kappa shape index (κ1) is 19.5. The largest absolute Gasteiger partial charge is 0.496 e. The standard InChI is InChI=1S/C22H19ClN2O3S/c1-14-10-15(5-8-19(14)27-2)11-21(26)25(13-17-4-3-9-28-17)22-24-18-7-6-16(23)12-20(18)29-22/h3-10,12H,11,13H2,1-2H3. The van der Waals surface area contributed by atoms with E-state index in [0.717, 1.165) is 27.1 Å². The topological polar surface area (TPSA) is 55.6 Å². The number of nitrogens with zero attached hydrogens (tertiary/aromatic N) is 2. The monoisotopic (exact) mass is 426 g/mol. The average Bonchev–Trinajstić information content (AvgIpc) is 3.35. The van der Waals surface area contributed by atoms with E-state index < -0.39 is 0 Å². The number of hydrogen-bond acceptors (Lipinski definition) is 5. The van der Waals surface area contributed by atoms with E-state index in [1.807, 2.05) is 49.4 Å². The normalized spacial score (nSPS) is 11.0. The fourth-order valence-electron chi connectivity index (χ4n) is 3.14. The van der Waals surface area contributed by atoms with Gasteiger partial charge in [0.05, 0.1) is 36.6 Å². The van der Waals surface area contributed by atoms with Crippen molar-refractivity contribution in [1.29, 1.82) is 0 Å². The number of benzene rings is 2. The zero-order valence-corrected chi connectivity index (χ0v) is 17.6. The summed E-state index contributed by atoms with van der Waals surface area (Å²) in [7, 11) is 1.64. The number of fused-ring (bicyclic) bond motifs is 1. The number of aryl methyl sites for hydroxylation is 1. The van der Waals surface area contributed by atoms with Gasteiger partial charge in [-0.15, -0.1) is 0 Å². The van der Waals surface area contributed by atoms with Crippen LogP contribution in [0.5, 0.6) is 5.75 Å². The second-order valence-corrected chi connectivity index (χ2v) is 8.09. The van der Waals surface area contributed by atoms with Gasteiger partial charge in [-0.25, -0.2) is 4.98 Å². The molecule has 4 rings (SSSR count). The van der Waals surface area contributed by atoms with Gasteiger partial charge in [-0.2, -0.15) is 0 Å². The molecule has 7 heteroatoms. The van der Waals surface area contributed by atoms with Crippen LogP contribution >= 0.6 is 22.9 Å². The van der Waals surface area contributed by atoms with Gasteiger partial charge in [-0.1, -0.05) is 35.1 Å². The van der Waals surface area contributed by atoms with Gasteiger partial charge in [-0.3, -0.25) is 9.69 Å². The van der Waals surface area contributed by atoms with Crippen LogP contribution in [0.1, 0.15) is 16.9 Å². The molecule has 4 aromatic rings. The molecule has 0 saturated carbocycles. The van der Waals surface area contributed by atoms with E-state index in [1.54, 1.807) is 24.3 Å². The molecular weight excluding hydrogens is 408 g/mol. The summed E-state index contributed by atoms with van der Waals surface area (Å²) in [5, 5.41) is 1.26. The van der Waals surface area contributed by atoms with Crippen molar-refractivity contribution < 1.29 is 13.9 Å². The first-order chi connectivity index (χ1) is 14.0. The fraction of sp³-hybridized carbons (Fsp3) is 0.182. The molecule has 0 saturated heterocycles. The molecule has 2 aromatic heterocycles. The first-order valence-corrected chi connectivity index (χ1v) is 10.3. The minimum absolute atomic E-state index is 0.0591. The molecule has 0 atom stereocenters. The fourth-order valence-corrected chi connectivity index (χ4v) is 4.40. The smallest absolute Gasteiger partial charge is 0.233 e. The van der Waals surface area contributed by atoms with Crippen molar-refractivity contribution in [3.8, 4) is 5.75 Å². The number of hydrogen-bond donors (Lipinski definition) is 0. The quantitative estimate of drug-likeness (QED) is 0.400. The number of ether oxygens (including phenoxy) is 1.